The summed E-state index contributed by atoms with van der Waals surface area (Å²) in [4.78, 5) is 6.98. The summed E-state index contributed by atoms with van der Waals surface area (Å²) in [5, 5.41) is 15.7. The molecule has 0 bridgehead atoms. The largest absolute Gasteiger partial charge is 0.294 e. The van der Waals surface area contributed by atoms with Gasteiger partial charge < -0.3 is 0 Å². The molecule has 1 aliphatic carbocycles. The van der Waals surface area contributed by atoms with Crippen LogP contribution in [0.2, 0.25) is 0 Å². The van der Waals surface area contributed by atoms with Crippen LogP contribution in [0.3, 0.4) is 0 Å². The first kappa shape index (κ1) is 13.3. The van der Waals surface area contributed by atoms with Crippen LogP contribution < -0.4 is 0 Å². The van der Waals surface area contributed by atoms with E-state index in [0.717, 1.165) is 18.9 Å². The van der Waals surface area contributed by atoms with Crippen LogP contribution in [0, 0.1) is 0 Å². The first-order chi connectivity index (χ1) is 10.3. The van der Waals surface area contributed by atoms with Gasteiger partial charge in [0.1, 0.15) is 0 Å². The Hall–Kier alpha value is -1.34. The van der Waals surface area contributed by atoms with Gasteiger partial charge in [0.15, 0.2) is 5.82 Å². The molecule has 2 aromatic heterocycles. The minimum Gasteiger partial charge on any atom is -0.294 e. The van der Waals surface area contributed by atoms with Gasteiger partial charge in [-0.3, -0.25) is 4.90 Å². The van der Waals surface area contributed by atoms with Gasteiger partial charge in [0, 0.05) is 17.5 Å². The molecule has 0 aromatic carbocycles. The minimum absolute atomic E-state index is 0.304. The van der Waals surface area contributed by atoms with E-state index in [9.17, 15) is 0 Å². The number of piperidine rings is 1. The maximum absolute atomic E-state index is 4.47. The second-order valence-corrected chi connectivity index (χ2v) is 7.00. The van der Waals surface area contributed by atoms with E-state index in [1.165, 1.54) is 30.7 Å². The standard InChI is InChI=1S/C14H20N6S/c1-10(13-16-17-18-20(13)12-2-3-12)19-7-4-11(5-8-19)14-15-6-9-21-14/h6,9-12H,2-5,7-8H2,1H3/t10-/m1/s1. The molecule has 2 fully saturated rings. The molecule has 0 spiro atoms. The lowest BCUT2D eigenvalue weighted by Crippen LogP contribution is -2.36. The van der Waals surface area contributed by atoms with E-state index >= 15 is 0 Å². The van der Waals surface area contributed by atoms with Crippen molar-refractivity contribution in [2.24, 2.45) is 0 Å². The average Bonchev–Trinajstić information content (AvgIpc) is 3.05. The topological polar surface area (TPSA) is 59.7 Å². The highest BCUT2D eigenvalue weighted by molar-refractivity contribution is 7.09. The summed E-state index contributed by atoms with van der Waals surface area (Å²) >= 11 is 1.79. The SMILES string of the molecule is C[C@H](c1nnnn1C1CC1)N1CCC(c2nccs2)CC1. The molecule has 21 heavy (non-hydrogen) atoms. The number of hydrogen-bond donors (Lipinski definition) is 0. The number of nitrogens with zero attached hydrogens (tertiary/aromatic N) is 6. The van der Waals surface area contributed by atoms with Crippen LogP contribution >= 0.6 is 11.3 Å². The van der Waals surface area contributed by atoms with E-state index in [0.29, 0.717) is 18.0 Å². The summed E-state index contributed by atoms with van der Waals surface area (Å²) < 4.78 is 2.04. The van der Waals surface area contributed by atoms with Crippen LogP contribution in [0.15, 0.2) is 11.6 Å². The van der Waals surface area contributed by atoms with E-state index in [4.69, 9.17) is 0 Å². The van der Waals surface area contributed by atoms with Gasteiger partial charge in [-0.05, 0) is 56.1 Å². The first-order valence-corrected chi connectivity index (χ1v) is 8.62. The molecule has 0 unspecified atom stereocenters. The molecule has 1 aliphatic heterocycles. The molecule has 112 valence electrons. The molecule has 1 saturated carbocycles. The third-order valence-electron chi connectivity index (χ3n) is 4.66. The van der Waals surface area contributed by atoms with Gasteiger partial charge >= 0.3 is 0 Å². The van der Waals surface area contributed by atoms with Crippen molar-refractivity contribution in [3.8, 4) is 0 Å². The quantitative estimate of drug-likeness (QED) is 0.868. The highest BCUT2D eigenvalue weighted by atomic mass is 32.1. The lowest BCUT2D eigenvalue weighted by atomic mass is 9.96. The molecular weight excluding hydrogens is 284 g/mol. The fourth-order valence-corrected chi connectivity index (χ4v) is 4.00. The van der Waals surface area contributed by atoms with Gasteiger partial charge in [-0.1, -0.05) is 0 Å². The van der Waals surface area contributed by atoms with Crippen LogP contribution in [0.1, 0.15) is 61.4 Å². The van der Waals surface area contributed by atoms with E-state index in [1.54, 1.807) is 11.3 Å². The van der Waals surface area contributed by atoms with Crippen molar-refractivity contribution in [2.75, 3.05) is 13.1 Å². The number of hydrogen-bond acceptors (Lipinski definition) is 6. The van der Waals surface area contributed by atoms with Crippen molar-refractivity contribution >= 4 is 11.3 Å². The van der Waals surface area contributed by atoms with Crippen LogP contribution in [0.5, 0.6) is 0 Å². The van der Waals surface area contributed by atoms with Gasteiger partial charge in [-0.25, -0.2) is 9.67 Å². The fraction of sp³-hybridized carbons (Fsp3) is 0.714. The molecule has 2 aromatic rings. The summed E-state index contributed by atoms with van der Waals surface area (Å²) in [6, 6.07) is 0.850. The zero-order chi connectivity index (χ0) is 14.2. The van der Waals surface area contributed by atoms with Gasteiger partial charge in [0.05, 0.1) is 17.1 Å². The van der Waals surface area contributed by atoms with Gasteiger partial charge in [0.2, 0.25) is 0 Å². The number of tetrazole rings is 1. The molecule has 0 radical (unpaired) electrons. The maximum Gasteiger partial charge on any atom is 0.168 e. The predicted molar refractivity (Wildman–Crippen MR) is 80.2 cm³/mol. The third kappa shape index (κ3) is 2.60. The normalized spacial score (nSPS) is 22.5. The Bertz CT molecular complexity index is 582. The summed E-state index contributed by atoms with van der Waals surface area (Å²) in [5.74, 6) is 1.66. The van der Waals surface area contributed by atoms with Crippen molar-refractivity contribution in [1.82, 2.24) is 30.1 Å². The van der Waals surface area contributed by atoms with Crippen LogP contribution in [-0.2, 0) is 0 Å². The summed E-state index contributed by atoms with van der Waals surface area (Å²) in [6.45, 7) is 4.43. The number of rotatable bonds is 4. The summed E-state index contributed by atoms with van der Waals surface area (Å²) in [5.41, 5.74) is 0. The molecule has 1 atom stereocenters. The minimum atomic E-state index is 0.304. The molecule has 6 nitrogen and oxygen atoms in total. The van der Waals surface area contributed by atoms with Crippen molar-refractivity contribution in [3.63, 3.8) is 0 Å². The predicted octanol–water partition coefficient (Wildman–Crippen LogP) is 2.41. The van der Waals surface area contributed by atoms with E-state index in [2.05, 4.69) is 37.7 Å². The first-order valence-electron chi connectivity index (χ1n) is 7.74. The molecule has 0 amide bonds. The lowest BCUT2D eigenvalue weighted by molar-refractivity contribution is 0.153. The van der Waals surface area contributed by atoms with Crippen molar-refractivity contribution < 1.29 is 0 Å². The Kier molecular flexibility index (Phi) is 3.46. The van der Waals surface area contributed by atoms with Crippen molar-refractivity contribution in [3.05, 3.63) is 22.4 Å². The molecular formula is C14H20N6S. The van der Waals surface area contributed by atoms with E-state index in [-0.39, 0.29) is 0 Å². The molecule has 2 aliphatic rings. The maximum atomic E-state index is 4.47. The fourth-order valence-electron chi connectivity index (χ4n) is 3.19. The summed E-state index contributed by atoms with van der Waals surface area (Å²) in [6.07, 6.45) is 6.72. The molecule has 4 rings (SSSR count). The van der Waals surface area contributed by atoms with Gasteiger partial charge in [0.25, 0.3) is 0 Å². The zero-order valence-corrected chi connectivity index (χ0v) is 13.0. The molecule has 3 heterocycles. The molecule has 0 N–H and O–H groups in total. The van der Waals surface area contributed by atoms with Crippen molar-refractivity contribution in [2.45, 2.75) is 50.6 Å². The Morgan fingerprint density at radius 3 is 2.71 bits per heavy atom. The number of aromatic nitrogens is 5. The van der Waals surface area contributed by atoms with E-state index < -0.39 is 0 Å². The smallest absolute Gasteiger partial charge is 0.168 e. The average molecular weight is 304 g/mol. The van der Waals surface area contributed by atoms with Crippen LogP contribution in [-0.4, -0.2) is 43.2 Å². The number of likely N-dealkylation sites (tertiary alicyclic amines) is 1. The highest BCUT2D eigenvalue weighted by Crippen LogP contribution is 2.37. The molecule has 1 saturated heterocycles. The zero-order valence-electron chi connectivity index (χ0n) is 12.2. The van der Waals surface area contributed by atoms with Gasteiger partial charge in [-0.15, -0.1) is 16.4 Å². The Balaban J connectivity index is 1.42. The van der Waals surface area contributed by atoms with Crippen molar-refractivity contribution in [1.29, 1.82) is 0 Å². The van der Waals surface area contributed by atoms with E-state index in [1.807, 2.05) is 10.9 Å². The monoisotopic (exact) mass is 304 g/mol. The second kappa shape index (κ2) is 5.46. The second-order valence-electron chi connectivity index (χ2n) is 6.07. The van der Waals surface area contributed by atoms with Crippen LogP contribution in [0.25, 0.3) is 0 Å². The highest BCUT2D eigenvalue weighted by Gasteiger charge is 2.33. The third-order valence-corrected chi connectivity index (χ3v) is 5.60. The van der Waals surface area contributed by atoms with Gasteiger partial charge in [-0.2, -0.15) is 0 Å². The summed E-state index contributed by atoms with van der Waals surface area (Å²) in [7, 11) is 0. The number of thiazole rings is 1. The lowest BCUT2D eigenvalue weighted by Gasteiger charge is -2.34. The van der Waals surface area contributed by atoms with Crippen LogP contribution in [0.4, 0.5) is 0 Å². The molecule has 7 heteroatoms. The Morgan fingerprint density at radius 1 is 1.24 bits per heavy atom. The Morgan fingerprint density at radius 2 is 2.05 bits per heavy atom. The Labute approximate surface area is 128 Å².